The van der Waals surface area contributed by atoms with E-state index in [1.165, 1.54) is 12.1 Å². The first-order valence-corrected chi connectivity index (χ1v) is 6.14. The number of hydrogen-bond acceptors (Lipinski definition) is 3. The van der Waals surface area contributed by atoms with Crippen molar-refractivity contribution in [3.63, 3.8) is 0 Å². The van der Waals surface area contributed by atoms with Crippen molar-refractivity contribution in [2.75, 3.05) is 12.3 Å². The monoisotopic (exact) mass is 274 g/mol. The topological polar surface area (TPSA) is 75.4 Å². The predicted molar refractivity (Wildman–Crippen MR) is 74.5 cm³/mol. The zero-order chi connectivity index (χ0) is 14.5. The molecule has 2 aromatic carbocycles. The highest BCUT2D eigenvalue weighted by Gasteiger charge is 2.11. The Kier molecular flexibility index (Phi) is 4.32. The maximum absolute atomic E-state index is 13.0. The van der Waals surface area contributed by atoms with E-state index in [4.69, 9.17) is 5.73 Å². The number of hydrogen-bond donors (Lipinski definition) is 3. The smallest absolute Gasteiger partial charge is 0.251 e. The molecular weight excluding hydrogens is 259 g/mol. The van der Waals surface area contributed by atoms with Gasteiger partial charge in [-0.3, -0.25) is 4.79 Å². The average Bonchev–Trinajstić information content (AvgIpc) is 2.48. The van der Waals surface area contributed by atoms with E-state index in [0.29, 0.717) is 5.56 Å². The van der Waals surface area contributed by atoms with Crippen molar-refractivity contribution in [2.24, 2.45) is 0 Å². The van der Waals surface area contributed by atoms with Crippen LogP contribution in [-0.4, -0.2) is 17.6 Å². The molecule has 0 bridgehead atoms. The summed E-state index contributed by atoms with van der Waals surface area (Å²) >= 11 is 0. The lowest BCUT2D eigenvalue weighted by Crippen LogP contribution is -2.28. The number of carbonyl (C=O) groups excluding carboxylic acids is 1. The number of aliphatic hydroxyl groups is 1. The van der Waals surface area contributed by atoms with Gasteiger partial charge in [0.1, 0.15) is 5.82 Å². The van der Waals surface area contributed by atoms with Crippen LogP contribution in [0, 0.1) is 5.82 Å². The summed E-state index contributed by atoms with van der Waals surface area (Å²) in [5.41, 5.74) is 6.29. The van der Waals surface area contributed by atoms with Crippen LogP contribution >= 0.6 is 0 Å². The van der Waals surface area contributed by atoms with E-state index >= 15 is 0 Å². The Bertz CT molecular complexity index is 602. The molecule has 104 valence electrons. The summed E-state index contributed by atoms with van der Waals surface area (Å²) in [6, 6.07) is 12.7. The van der Waals surface area contributed by atoms with E-state index in [9.17, 15) is 14.3 Å². The Morgan fingerprint density at radius 3 is 2.60 bits per heavy atom. The van der Waals surface area contributed by atoms with Gasteiger partial charge in [-0.25, -0.2) is 4.39 Å². The standard InChI is InChI=1S/C15H15FN2O2/c16-12-7-6-11(8-13(12)17)15(20)18-9-14(19)10-4-2-1-3-5-10/h1-8,14,19H,9,17H2,(H,18,20). The van der Waals surface area contributed by atoms with E-state index in [1.807, 2.05) is 6.07 Å². The molecule has 0 aromatic heterocycles. The maximum Gasteiger partial charge on any atom is 0.251 e. The van der Waals surface area contributed by atoms with Crippen LogP contribution in [-0.2, 0) is 0 Å². The van der Waals surface area contributed by atoms with Crippen LogP contribution < -0.4 is 11.1 Å². The highest BCUT2D eigenvalue weighted by molar-refractivity contribution is 5.95. The van der Waals surface area contributed by atoms with Gasteiger partial charge in [0, 0.05) is 12.1 Å². The Morgan fingerprint density at radius 2 is 1.95 bits per heavy atom. The van der Waals surface area contributed by atoms with Gasteiger partial charge < -0.3 is 16.2 Å². The van der Waals surface area contributed by atoms with Crippen LogP contribution in [0.25, 0.3) is 0 Å². The summed E-state index contributed by atoms with van der Waals surface area (Å²) in [6.45, 7) is 0.0696. The van der Waals surface area contributed by atoms with Crippen molar-refractivity contribution >= 4 is 11.6 Å². The zero-order valence-electron chi connectivity index (χ0n) is 10.7. The van der Waals surface area contributed by atoms with Gasteiger partial charge in [0.05, 0.1) is 11.8 Å². The molecule has 1 unspecified atom stereocenters. The molecule has 4 nitrogen and oxygen atoms in total. The second kappa shape index (κ2) is 6.16. The average molecular weight is 274 g/mol. The van der Waals surface area contributed by atoms with Crippen LogP contribution in [0.4, 0.5) is 10.1 Å². The van der Waals surface area contributed by atoms with Crippen LogP contribution in [0.2, 0.25) is 0 Å². The van der Waals surface area contributed by atoms with Crippen LogP contribution in [0.15, 0.2) is 48.5 Å². The molecule has 2 aromatic rings. The lowest BCUT2D eigenvalue weighted by molar-refractivity contribution is 0.0916. The largest absolute Gasteiger partial charge is 0.396 e. The molecular formula is C15H15FN2O2. The molecule has 0 saturated carbocycles. The SMILES string of the molecule is Nc1cc(C(=O)NCC(O)c2ccccc2)ccc1F. The van der Waals surface area contributed by atoms with Gasteiger partial charge in [-0.1, -0.05) is 30.3 Å². The number of benzene rings is 2. The zero-order valence-corrected chi connectivity index (χ0v) is 10.7. The predicted octanol–water partition coefficient (Wildman–Crippen LogP) is 1.87. The highest BCUT2D eigenvalue weighted by Crippen LogP contribution is 2.13. The summed E-state index contributed by atoms with van der Waals surface area (Å²) in [6.07, 6.45) is -0.794. The lowest BCUT2D eigenvalue weighted by atomic mass is 10.1. The molecule has 0 fully saturated rings. The lowest BCUT2D eigenvalue weighted by Gasteiger charge is -2.12. The van der Waals surface area contributed by atoms with Gasteiger partial charge in [-0.2, -0.15) is 0 Å². The molecule has 0 aliphatic carbocycles. The number of anilines is 1. The van der Waals surface area contributed by atoms with Crippen molar-refractivity contribution in [3.8, 4) is 0 Å². The molecule has 0 aliphatic heterocycles. The third kappa shape index (κ3) is 3.33. The number of amides is 1. The van der Waals surface area contributed by atoms with Crippen molar-refractivity contribution in [1.29, 1.82) is 0 Å². The molecule has 0 spiro atoms. The molecule has 0 radical (unpaired) electrons. The fourth-order valence-electron chi connectivity index (χ4n) is 1.77. The normalized spacial score (nSPS) is 11.9. The van der Waals surface area contributed by atoms with Crippen molar-refractivity contribution in [1.82, 2.24) is 5.32 Å². The summed E-state index contributed by atoms with van der Waals surface area (Å²) in [7, 11) is 0. The van der Waals surface area contributed by atoms with E-state index in [2.05, 4.69) is 5.32 Å². The number of nitrogens with one attached hydrogen (secondary N) is 1. The Labute approximate surface area is 116 Å². The second-order valence-electron chi connectivity index (χ2n) is 4.37. The van der Waals surface area contributed by atoms with Crippen molar-refractivity contribution < 1.29 is 14.3 Å². The summed E-state index contributed by atoms with van der Waals surface area (Å²) in [5, 5.41) is 12.5. The van der Waals surface area contributed by atoms with Gasteiger partial charge >= 0.3 is 0 Å². The van der Waals surface area contributed by atoms with Crippen LogP contribution in [0.5, 0.6) is 0 Å². The quantitative estimate of drug-likeness (QED) is 0.745. The number of halogens is 1. The Balaban J connectivity index is 1.97. The molecule has 4 N–H and O–H groups in total. The first kappa shape index (κ1) is 14.0. The molecule has 0 heterocycles. The van der Waals surface area contributed by atoms with Gasteiger partial charge in [0.25, 0.3) is 5.91 Å². The molecule has 20 heavy (non-hydrogen) atoms. The van der Waals surface area contributed by atoms with Crippen molar-refractivity contribution in [3.05, 3.63) is 65.5 Å². The van der Waals surface area contributed by atoms with Gasteiger partial charge in [0.2, 0.25) is 0 Å². The Morgan fingerprint density at radius 1 is 1.25 bits per heavy atom. The summed E-state index contributed by atoms with van der Waals surface area (Å²) < 4.78 is 13.0. The number of nitrogens with two attached hydrogens (primary N) is 1. The number of aliphatic hydroxyl groups excluding tert-OH is 1. The van der Waals surface area contributed by atoms with E-state index in [1.54, 1.807) is 24.3 Å². The third-order valence-electron chi connectivity index (χ3n) is 2.90. The maximum atomic E-state index is 13.0. The minimum Gasteiger partial charge on any atom is -0.396 e. The molecule has 1 atom stereocenters. The van der Waals surface area contributed by atoms with E-state index in [-0.39, 0.29) is 17.8 Å². The summed E-state index contributed by atoms with van der Waals surface area (Å²) in [5.74, 6) is -0.974. The molecule has 1 amide bonds. The first-order chi connectivity index (χ1) is 9.58. The van der Waals surface area contributed by atoms with Gasteiger partial charge in [-0.05, 0) is 23.8 Å². The fraction of sp³-hybridized carbons (Fsp3) is 0.133. The van der Waals surface area contributed by atoms with Gasteiger partial charge in [-0.15, -0.1) is 0 Å². The van der Waals surface area contributed by atoms with Crippen molar-refractivity contribution in [2.45, 2.75) is 6.10 Å². The fourth-order valence-corrected chi connectivity index (χ4v) is 1.77. The molecule has 0 saturated heterocycles. The minimum atomic E-state index is -0.794. The number of nitrogen functional groups attached to an aromatic ring is 1. The number of rotatable bonds is 4. The molecule has 0 aliphatic rings. The van der Waals surface area contributed by atoms with Crippen LogP contribution in [0.1, 0.15) is 22.0 Å². The molecule has 2 rings (SSSR count). The summed E-state index contributed by atoms with van der Waals surface area (Å²) in [4.78, 5) is 11.8. The molecule has 5 heteroatoms. The van der Waals surface area contributed by atoms with E-state index < -0.39 is 17.8 Å². The Hall–Kier alpha value is -2.40. The van der Waals surface area contributed by atoms with Gasteiger partial charge in [0.15, 0.2) is 0 Å². The highest BCUT2D eigenvalue weighted by atomic mass is 19.1. The van der Waals surface area contributed by atoms with E-state index in [0.717, 1.165) is 6.07 Å². The van der Waals surface area contributed by atoms with Crippen LogP contribution in [0.3, 0.4) is 0 Å². The number of carbonyl (C=O) groups is 1. The minimum absolute atomic E-state index is 0.0696. The third-order valence-corrected chi connectivity index (χ3v) is 2.90. The second-order valence-corrected chi connectivity index (χ2v) is 4.37. The first-order valence-electron chi connectivity index (χ1n) is 6.14.